The molecule has 2 amide bonds. The van der Waals surface area contributed by atoms with Gasteiger partial charge in [-0.3, -0.25) is 14.5 Å². The predicted molar refractivity (Wildman–Crippen MR) is 138 cm³/mol. The molecule has 0 N–H and O–H groups in total. The molecule has 0 unspecified atom stereocenters. The van der Waals surface area contributed by atoms with E-state index in [9.17, 15) is 14.4 Å². The third kappa shape index (κ3) is 5.03. The van der Waals surface area contributed by atoms with Crippen LogP contribution in [-0.4, -0.2) is 22.0 Å². The third-order valence-electron chi connectivity index (χ3n) is 5.70. The largest absolute Gasteiger partial charge is 0.423 e. The van der Waals surface area contributed by atoms with Gasteiger partial charge in [-0.05, 0) is 77.0 Å². The molecule has 1 heterocycles. The Morgan fingerprint density at radius 1 is 0.886 bits per heavy atom. The number of carbonyl (C=O) groups excluding carboxylic acids is 3. The van der Waals surface area contributed by atoms with E-state index >= 15 is 0 Å². The second-order valence-electron chi connectivity index (χ2n) is 8.27. The molecule has 0 saturated carbocycles. The van der Waals surface area contributed by atoms with Crippen molar-refractivity contribution < 1.29 is 19.1 Å². The minimum absolute atomic E-state index is 0.223. The normalized spacial score (nSPS) is 14.7. The Balaban J connectivity index is 1.27. The van der Waals surface area contributed by atoms with Crippen molar-refractivity contribution in [3.05, 3.63) is 118 Å². The zero-order valence-electron chi connectivity index (χ0n) is 18.9. The Bertz CT molecular complexity index is 1470. The topological polar surface area (TPSA) is 63.7 Å². The van der Waals surface area contributed by atoms with E-state index in [2.05, 4.69) is 0 Å². The van der Waals surface area contributed by atoms with E-state index in [-0.39, 0.29) is 17.7 Å². The van der Waals surface area contributed by atoms with Crippen molar-refractivity contribution in [1.29, 1.82) is 0 Å². The van der Waals surface area contributed by atoms with Crippen LogP contribution < -0.4 is 4.74 Å². The van der Waals surface area contributed by atoms with E-state index in [1.807, 2.05) is 61.5 Å². The minimum Gasteiger partial charge on any atom is -0.423 e. The summed E-state index contributed by atoms with van der Waals surface area (Å²) in [6.07, 6.45) is 1.68. The predicted octanol–water partition coefficient (Wildman–Crippen LogP) is 6.60. The molecule has 0 aliphatic carbocycles. The van der Waals surface area contributed by atoms with Crippen LogP contribution in [0.3, 0.4) is 0 Å². The van der Waals surface area contributed by atoms with E-state index in [1.54, 1.807) is 42.5 Å². The number of hydrogen-bond acceptors (Lipinski definition) is 5. The van der Waals surface area contributed by atoms with Crippen LogP contribution in [-0.2, 0) is 11.3 Å². The van der Waals surface area contributed by atoms with E-state index < -0.39 is 5.97 Å². The molecule has 35 heavy (non-hydrogen) atoms. The number of ether oxygens (including phenoxy) is 1. The first kappa shape index (κ1) is 22.6. The Morgan fingerprint density at radius 3 is 2.34 bits per heavy atom. The van der Waals surface area contributed by atoms with Gasteiger partial charge in [-0.2, -0.15) is 0 Å². The van der Waals surface area contributed by atoms with Crippen molar-refractivity contribution in [2.24, 2.45) is 0 Å². The first-order valence-corrected chi connectivity index (χ1v) is 11.9. The molecule has 6 heteroatoms. The van der Waals surface area contributed by atoms with Gasteiger partial charge in [-0.1, -0.05) is 66.2 Å². The van der Waals surface area contributed by atoms with Crippen LogP contribution in [0.5, 0.6) is 5.75 Å². The molecule has 4 aromatic carbocycles. The number of nitrogens with zero attached hydrogens (tertiary/aromatic N) is 1. The molecule has 172 valence electrons. The minimum atomic E-state index is -0.437. The molecule has 1 aliphatic heterocycles. The molecule has 0 spiro atoms. The lowest BCUT2D eigenvalue weighted by Gasteiger charge is -2.13. The van der Waals surface area contributed by atoms with Crippen molar-refractivity contribution in [3.8, 4) is 5.75 Å². The number of rotatable bonds is 5. The van der Waals surface area contributed by atoms with E-state index in [0.29, 0.717) is 16.2 Å². The SMILES string of the molecule is Cc1ccc(C(=O)Oc2ccc(/C=C3\SC(=O)N(Cc4ccc5ccccc5c4)C3=O)cc2)cc1. The lowest BCUT2D eigenvalue weighted by molar-refractivity contribution is -0.123. The summed E-state index contributed by atoms with van der Waals surface area (Å²) in [6, 6.07) is 27.9. The summed E-state index contributed by atoms with van der Waals surface area (Å²) >= 11 is 0.926. The van der Waals surface area contributed by atoms with Gasteiger partial charge in [0.2, 0.25) is 0 Å². The van der Waals surface area contributed by atoms with Gasteiger partial charge in [0.25, 0.3) is 11.1 Å². The molecule has 1 saturated heterocycles. The van der Waals surface area contributed by atoms with Crippen molar-refractivity contribution in [3.63, 3.8) is 0 Å². The summed E-state index contributed by atoms with van der Waals surface area (Å²) in [4.78, 5) is 39.4. The lowest BCUT2D eigenvalue weighted by atomic mass is 10.1. The summed E-state index contributed by atoms with van der Waals surface area (Å²) in [5.41, 5.74) is 3.16. The maximum Gasteiger partial charge on any atom is 0.343 e. The van der Waals surface area contributed by atoms with Crippen molar-refractivity contribution in [1.82, 2.24) is 4.90 Å². The van der Waals surface area contributed by atoms with Crippen LogP contribution in [0.15, 0.2) is 95.9 Å². The van der Waals surface area contributed by atoms with E-state index in [1.165, 1.54) is 4.90 Å². The van der Waals surface area contributed by atoms with Gasteiger partial charge in [0.15, 0.2) is 0 Å². The summed E-state index contributed by atoms with van der Waals surface area (Å²) in [5, 5.41) is 1.88. The summed E-state index contributed by atoms with van der Waals surface area (Å²) in [7, 11) is 0. The summed E-state index contributed by atoms with van der Waals surface area (Å²) in [6.45, 7) is 2.17. The summed E-state index contributed by atoms with van der Waals surface area (Å²) < 4.78 is 5.42. The monoisotopic (exact) mass is 479 g/mol. The molecule has 4 aromatic rings. The molecule has 0 radical (unpaired) electrons. The molecule has 0 bridgehead atoms. The molecule has 0 atom stereocenters. The zero-order valence-corrected chi connectivity index (χ0v) is 19.7. The number of hydrogen-bond donors (Lipinski definition) is 0. The molecule has 5 nitrogen and oxygen atoms in total. The highest BCUT2D eigenvalue weighted by molar-refractivity contribution is 8.18. The van der Waals surface area contributed by atoms with Gasteiger partial charge in [-0.25, -0.2) is 4.79 Å². The van der Waals surface area contributed by atoms with Crippen LogP contribution in [0, 0.1) is 6.92 Å². The lowest BCUT2D eigenvalue weighted by Crippen LogP contribution is -2.27. The zero-order chi connectivity index (χ0) is 24.4. The average Bonchev–Trinajstić information content (AvgIpc) is 3.12. The fraction of sp³-hybridized carbons (Fsp3) is 0.0690. The van der Waals surface area contributed by atoms with Gasteiger partial charge in [0.05, 0.1) is 17.0 Å². The van der Waals surface area contributed by atoms with Crippen molar-refractivity contribution in [2.45, 2.75) is 13.5 Å². The number of fused-ring (bicyclic) bond motifs is 1. The van der Waals surface area contributed by atoms with Gasteiger partial charge >= 0.3 is 5.97 Å². The number of benzene rings is 4. The molecular weight excluding hydrogens is 458 g/mol. The third-order valence-corrected chi connectivity index (χ3v) is 6.61. The number of aryl methyl sites for hydroxylation is 1. The second-order valence-corrected chi connectivity index (χ2v) is 9.27. The smallest absolute Gasteiger partial charge is 0.343 e. The highest BCUT2D eigenvalue weighted by atomic mass is 32.2. The van der Waals surface area contributed by atoms with E-state index in [4.69, 9.17) is 4.74 Å². The van der Waals surface area contributed by atoms with Crippen LogP contribution in [0.1, 0.15) is 27.0 Å². The van der Waals surface area contributed by atoms with Crippen LogP contribution in [0.4, 0.5) is 4.79 Å². The molecule has 1 aliphatic rings. The quantitative estimate of drug-likeness (QED) is 0.183. The number of imide groups is 1. The Hall–Kier alpha value is -4.16. The molecule has 0 aromatic heterocycles. The maximum absolute atomic E-state index is 12.9. The number of thioether (sulfide) groups is 1. The highest BCUT2D eigenvalue weighted by Gasteiger charge is 2.35. The highest BCUT2D eigenvalue weighted by Crippen LogP contribution is 2.34. The first-order chi connectivity index (χ1) is 17.0. The molecule has 5 rings (SSSR count). The number of amides is 2. The van der Waals surface area contributed by atoms with Crippen LogP contribution in [0.25, 0.3) is 16.8 Å². The fourth-order valence-electron chi connectivity index (χ4n) is 3.80. The first-order valence-electron chi connectivity index (χ1n) is 11.1. The van der Waals surface area contributed by atoms with Gasteiger partial charge < -0.3 is 4.74 Å². The van der Waals surface area contributed by atoms with Crippen molar-refractivity contribution in [2.75, 3.05) is 0 Å². The average molecular weight is 480 g/mol. The van der Waals surface area contributed by atoms with Crippen LogP contribution >= 0.6 is 11.8 Å². The molecule has 1 fully saturated rings. The van der Waals surface area contributed by atoms with Gasteiger partial charge in [0.1, 0.15) is 5.75 Å². The van der Waals surface area contributed by atoms with E-state index in [0.717, 1.165) is 39.2 Å². The number of carbonyl (C=O) groups is 3. The standard InChI is InChI=1S/C29H21NO4S/c1-19-6-11-23(12-7-19)28(32)34-25-14-9-20(10-15-25)17-26-27(31)30(29(33)35-26)18-21-8-13-22-4-2-3-5-24(22)16-21/h2-17H,18H2,1H3/b26-17-. The molecular formula is C29H21NO4S. The summed E-state index contributed by atoms with van der Waals surface area (Å²) in [5.74, 6) is -0.354. The second kappa shape index (κ2) is 9.60. The fourth-order valence-corrected chi connectivity index (χ4v) is 4.63. The maximum atomic E-state index is 12.9. The van der Waals surface area contributed by atoms with Gasteiger partial charge in [0, 0.05) is 0 Å². The number of esters is 1. The Labute approximate surface area is 207 Å². The van der Waals surface area contributed by atoms with Crippen molar-refractivity contribution >= 4 is 45.7 Å². The van der Waals surface area contributed by atoms with Crippen LogP contribution in [0.2, 0.25) is 0 Å². The Morgan fingerprint density at radius 2 is 1.60 bits per heavy atom. The Kier molecular flexibility index (Phi) is 6.21. The van der Waals surface area contributed by atoms with Gasteiger partial charge in [-0.15, -0.1) is 0 Å².